The Morgan fingerprint density at radius 2 is 1.95 bits per heavy atom. The number of thiophene rings is 1. The topological polar surface area (TPSA) is 94.8 Å². The summed E-state index contributed by atoms with van der Waals surface area (Å²) in [5, 5.41) is 5.28. The number of aromatic nitrogens is 2. The van der Waals surface area contributed by atoms with Crippen molar-refractivity contribution >= 4 is 45.4 Å². The van der Waals surface area contributed by atoms with Crippen LogP contribution in [0.25, 0.3) is 15.9 Å². The number of rotatable bonds is 8. The Kier molecular flexibility index (Phi) is 7.80. The zero-order valence-corrected chi connectivity index (χ0v) is 23.1. The van der Waals surface area contributed by atoms with Crippen LogP contribution in [0.15, 0.2) is 57.5 Å². The normalized spacial score (nSPS) is 13.0. The summed E-state index contributed by atoms with van der Waals surface area (Å²) in [5.74, 6) is 0.987. The highest BCUT2D eigenvalue weighted by atomic mass is 32.2. The first-order valence-electron chi connectivity index (χ1n) is 12.3. The highest BCUT2D eigenvalue weighted by Gasteiger charge is 2.23. The lowest BCUT2D eigenvalue weighted by Gasteiger charge is -2.13. The highest BCUT2D eigenvalue weighted by Crippen LogP contribution is 2.35. The molecule has 0 bridgehead atoms. The number of fused-ring (bicyclic) bond motifs is 3. The standard InChI is InChI=1S/C28H28N4O4S2/c1-17-8-10-19(11-9-17)32-27(34)25-21-6-4-5-7-23(21)38-26(25)30-28(32)37-16-24(33)31-29-15-18-14-20(35-2)12-13-22(18)36-3/h8-15H,4-7,16H2,1-3H3,(H,31,33)/b29-15-. The van der Waals surface area contributed by atoms with Crippen molar-refractivity contribution in [3.05, 3.63) is 74.4 Å². The Hall–Kier alpha value is -3.63. The van der Waals surface area contributed by atoms with E-state index in [9.17, 15) is 9.59 Å². The second kappa shape index (κ2) is 11.4. The molecule has 2 aromatic carbocycles. The molecule has 1 amide bonds. The number of hydrogen-bond donors (Lipinski definition) is 1. The molecule has 2 heterocycles. The summed E-state index contributed by atoms with van der Waals surface area (Å²) in [7, 11) is 3.14. The van der Waals surface area contributed by atoms with Crippen LogP contribution in [0, 0.1) is 6.92 Å². The monoisotopic (exact) mass is 548 g/mol. The molecule has 10 heteroatoms. The van der Waals surface area contributed by atoms with E-state index >= 15 is 0 Å². The average molecular weight is 549 g/mol. The number of amides is 1. The van der Waals surface area contributed by atoms with E-state index in [4.69, 9.17) is 14.5 Å². The summed E-state index contributed by atoms with van der Waals surface area (Å²) in [6.45, 7) is 2.00. The quantitative estimate of drug-likeness (QED) is 0.146. The van der Waals surface area contributed by atoms with Gasteiger partial charge in [0.1, 0.15) is 16.3 Å². The third kappa shape index (κ3) is 5.32. The van der Waals surface area contributed by atoms with E-state index in [0.717, 1.165) is 52.7 Å². The Bertz CT molecular complexity index is 1570. The van der Waals surface area contributed by atoms with Crippen LogP contribution in [0.5, 0.6) is 11.5 Å². The molecule has 0 radical (unpaired) electrons. The lowest BCUT2D eigenvalue weighted by molar-refractivity contribution is -0.118. The fraction of sp³-hybridized carbons (Fsp3) is 0.286. The smallest absolute Gasteiger partial charge is 0.267 e. The van der Waals surface area contributed by atoms with Gasteiger partial charge in [-0.15, -0.1) is 11.3 Å². The van der Waals surface area contributed by atoms with E-state index in [0.29, 0.717) is 22.2 Å². The van der Waals surface area contributed by atoms with Crippen LogP contribution in [0.2, 0.25) is 0 Å². The summed E-state index contributed by atoms with van der Waals surface area (Å²) in [5.41, 5.74) is 6.12. The van der Waals surface area contributed by atoms with E-state index in [1.54, 1.807) is 48.3 Å². The van der Waals surface area contributed by atoms with E-state index in [2.05, 4.69) is 10.5 Å². The third-order valence-corrected chi connectivity index (χ3v) is 8.54. The summed E-state index contributed by atoms with van der Waals surface area (Å²) in [6, 6.07) is 13.1. The lowest BCUT2D eigenvalue weighted by atomic mass is 9.97. The number of benzene rings is 2. The van der Waals surface area contributed by atoms with Gasteiger partial charge in [-0.3, -0.25) is 14.2 Å². The zero-order chi connectivity index (χ0) is 26.6. The van der Waals surface area contributed by atoms with Crippen LogP contribution in [-0.4, -0.2) is 41.6 Å². The number of methoxy groups -OCH3 is 2. The molecule has 0 saturated carbocycles. The van der Waals surface area contributed by atoms with Gasteiger partial charge in [0.25, 0.3) is 11.5 Å². The lowest BCUT2D eigenvalue weighted by Crippen LogP contribution is -2.24. The molecule has 5 rings (SSSR count). The summed E-state index contributed by atoms with van der Waals surface area (Å²) in [6.07, 6.45) is 5.62. The Labute approximate surface area is 228 Å². The van der Waals surface area contributed by atoms with Crippen LogP contribution in [0.1, 0.15) is 34.4 Å². The van der Waals surface area contributed by atoms with Gasteiger partial charge in [-0.2, -0.15) is 5.10 Å². The molecule has 0 unspecified atom stereocenters. The van der Waals surface area contributed by atoms with Gasteiger partial charge in [-0.05, 0) is 68.5 Å². The van der Waals surface area contributed by atoms with Crippen molar-refractivity contribution < 1.29 is 14.3 Å². The van der Waals surface area contributed by atoms with Gasteiger partial charge in [0.15, 0.2) is 5.16 Å². The molecule has 0 saturated heterocycles. The first-order valence-corrected chi connectivity index (χ1v) is 14.1. The fourth-order valence-corrected chi connectivity index (χ4v) is 6.59. The molecule has 38 heavy (non-hydrogen) atoms. The summed E-state index contributed by atoms with van der Waals surface area (Å²) >= 11 is 2.82. The average Bonchev–Trinajstić information content (AvgIpc) is 3.31. The molecule has 0 fully saturated rings. The molecular weight excluding hydrogens is 520 g/mol. The SMILES string of the molecule is COc1ccc(OC)c(/C=N\NC(=O)CSc2nc3sc4c(c3c(=O)n2-c2ccc(C)cc2)CCCC4)c1. The Balaban J connectivity index is 1.40. The molecule has 8 nitrogen and oxygen atoms in total. The number of carbonyl (C=O) groups excluding carboxylic acids is 1. The van der Waals surface area contributed by atoms with Crippen molar-refractivity contribution in [3.63, 3.8) is 0 Å². The molecule has 1 aliphatic rings. The first kappa shape index (κ1) is 26.0. The summed E-state index contributed by atoms with van der Waals surface area (Å²) in [4.78, 5) is 33.4. The van der Waals surface area contributed by atoms with Crippen LogP contribution in [0.3, 0.4) is 0 Å². The number of hydrazone groups is 1. The molecule has 0 aliphatic heterocycles. The molecule has 1 aliphatic carbocycles. The minimum absolute atomic E-state index is 0.0431. The van der Waals surface area contributed by atoms with Crippen molar-refractivity contribution in [2.45, 2.75) is 37.8 Å². The van der Waals surface area contributed by atoms with Crippen LogP contribution in [0.4, 0.5) is 0 Å². The molecule has 0 atom stereocenters. The van der Waals surface area contributed by atoms with Crippen molar-refractivity contribution in [3.8, 4) is 17.2 Å². The maximum absolute atomic E-state index is 13.8. The van der Waals surface area contributed by atoms with Gasteiger partial charge in [0.05, 0.1) is 37.3 Å². The minimum atomic E-state index is -0.316. The molecule has 2 aromatic heterocycles. The van der Waals surface area contributed by atoms with Crippen LogP contribution >= 0.6 is 23.1 Å². The Morgan fingerprint density at radius 1 is 1.16 bits per heavy atom. The number of aryl methyl sites for hydroxylation is 3. The van der Waals surface area contributed by atoms with E-state index in [-0.39, 0.29) is 17.2 Å². The number of hydrogen-bond acceptors (Lipinski definition) is 8. The molecule has 4 aromatic rings. The molecular formula is C28H28N4O4S2. The van der Waals surface area contributed by atoms with Gasteiger partial charge >= 0.3 is 0 Å². The number of thioether (sulfide) groups is 1. The number of nitrogens with one attached hydrogen (secondary N) is 1. The van der Waals surface area contributed by atoms with Gasteiger partial charge < -0.3 is 9.47 Å². The van der Waals surface area contributed by atoms with E-state index in [1.165, 1.54) is 22.9 Å². The van der Waals surface area contributed by atoms with Gasteiger partial charge in [-0.25, -0.2) is 10.4 Å². The molecule has 196 valence electrons. The van der Waals surface area contributed by atoms with E-state index in [1.807, 2.05) is 31.2 Å². The minimum Gasteiger partial charge on any atom is -0.497 e. The predicted molar refractivity (Wildman–Crippen MR) is 153 cm³/mol. The zero-order valence-electron chi connectivity index (χ0n) is 21.4. The largest absolute Gasteiger partial charge is 0.497 e. The first-order chi connectivity index (χ1) is 18.5. The second-order valence-corrected chi connectivity index (χ2v) is 11.0. The summed E-state index contributed by atoms with van der Waals surface area (Å²) < 4.78 is 12.2. The fourth-order valence-electron chi connectivity index (χ4n) is 4.48. The molecule has 1 N–H and O–H groups in total. The van der Waals surface area contributed by atoms with Gasteiger partial charge in [0.2, 0.25) is 0 Å². The highest BCUT2D eigenvalue weighted by molar-refractivity contribution is 7.99. The van der Waals surface area contributed by atoms with E-state index < -0.39 is 0 Å². The van der Waals surface area contributed by atoms with Gasteiger partial charge in [-0.1, -0.05) is 29.5 Å². The Morgan fingerprint density at radius 3 is 2.71 bits per heavy atom. The second-order valence-electron chi connectivity index (χ2n) is 8.95. The maximum Gasteiger partial charge on any atom is 0.267 e. The van der Waals surface area contributed by atoms with Gasteiger partial charge in [0, 0.05) is 10.4 Å². The predicted octanol–water partition coefficient (Wildman–Crippen LogP) is 4.89. The maximum atomic E-state index is 13.8. The molecule has 0 spiro atoms. The van der Waals surface area contributed by atoms with Crippen LogP contribution < -0.4 is 20.5 Å². The number of carbonyl (C=O) groups is 1. The van der Waals surface area contributed by atoms with Crippen molar-refractivity contribution in [2.75, 3.05) is 20.0 Å². The van der Waals surface area contributed by atoms with Crippen molar-refractivity contribution in [1.29, 1.82) is 0 Å². The van der Waals surface area contributed by atoms with Crippen molar-refractivity contribution in [2.24, 2.45) is 5.10 Å². The van der Waals surface area contributed by atoms with Crippen LogP contribution in [-0.2, 0) is 17.6 Å². The number of nitrogens with zero attached hydrogens (tertiary/aromatic N) is 3. The third-order valence-electron chi connectivity index (χ3n) is 6.41. The van der Waals surface area contributed by atoms with Crippen molar-refractivity contribution in [1.82, 2.24) is 15.0 Å². The number of ether oxygens (including phenoxy) is 2.